The lowest BCUT2D eigenvalue weighted by Crippen LogP contribution is -2.58. The fourth-order valence-electron chi connectivity index (χ4n) is 12.9. The molecule has 5 saturated carbocycles. The lowest BCUT2D eigenvalue weighted by atomic mass is 9.49. The predicted molar refractivity (Wildman–Crippen MR) is 232 cm³/mol. The third-order valence-corrected chi connectivity index (χ3v) is 15.6. The highest BCUT2D eigenvalue weighted by Crippen LogP contribution is 2.62. The lowest BCUT2D eigenvalue weighted by Gasteiger charge is -2.58. The van der Waals surface area contributed by atoms with Crippen LogP contribution >= 0.6 is 0 Å². The molecule has 4 unspecified atom stereocenters. The molecule has 7 aliphatic rings. The molecule has 7 heteroatoms. The first-order valence-electron chi connectivity index (χ1n) is 22.2. The third kappa shape index (κ3) is 7.86. The zero-order valence-corrected chi connectivity index (χ0v) is 35.1. The van der Waals surface area contributed by atoms with E-state index in [-0.39, 0.29) is 23.7 Å². The summed E-state index contributed by atoms with van der Waals surface area (Å²) < 4.78 is 11.7. The van der Waals surface area contributed by atoms with Gasteiger partial charge in [0.05, 0.1) is 25.4 Å². The molecule has 0 spiro atoms. The van der Waals surface area contributed by atoms with Crippen molar-refractivity contribution in [1.82, 2.24) is 4.90 Å². The molecule has 0 radical (unpaired) electrons. The number of rotatable bonds is 8. The Hall–Kier alpha value is -4.46. The number of nitrogens with zero attached hydrogens (tertiary/aromatic N) is 1. The molecule has 0 heterocycles. The van der Waals surface area contributed by atoms with Gasteiger partial charge in [-0.1, -0.05) is 61.0 Å². The van der Waals surface area contributed by atoms with Gasteiger partial charge in [0, 0.05) is 23.1 Å². The monoisotopic (exact) mass is 795 g/mol. The van der Waals surface area contributed by atoms with E-state index in [2.05, 4.69) is 38.1 Å². The van der Waals surface area contributed by atoms with Crippen molar-refractivity contribution in [2.45, 2.75) is 115 Å². The molecule has 1 amide bonds. The number of aliphatic hydroxyl groups excluding tert-OH is 1. The van der Waals surface area contributed by atoms with Gasteiger partial charge >= 0.3 is 6.09 Å². The summed E-state index contributed by atoms with van der Waals surface area (Å²) in [6.45, 7) is 5.09. The van der Waals surface area contributed by atoms with Gasteiger partial charge in [-0.15, -0.1) is 0 Å². The molecule has 5 fully saturated rings. The van der Waals surface area contributed by atoms with Gasteiger partial charge in [-0.2, -0.15) is 0 Å². The molecule has 7 nitrogen and oxygen atoms in total. The number of fused-ring (bicyclic) bond motifs is 9. The predicted octanol–water partition coefficient (Wildman–Crippen LogP) is 10.8. The molecule has 59 heavy (non-hydrogen) atoms. The zero-order chi connectivity index (χ0) is 40.9. The van der Waals surface area contributed by atoms with Gasteiger partial charge in [-0.05, 0) is 184 Å². The fourth-order valence-corrected chi connectivity index (χ4v) is 12.9. The number of allylic oxidation sites excluding steroid dienone is 2. The van der Waals surface area contributed by atoms with E-state index in [0.717, 1.165) is 71.8 Å². The van der Waals surface area contributed by atoms with Gasteiger partial charge in [0.15, 0.2) is 5.78 Å². The van der Waals surface area contributed by atoms with Crippen molar-refractivity contribution in [3.63, 3.8) is 0 Å². The average molecular weight is 796 g/mol. The summed E-state index contributed by atoms with van der Waals surface area (Å²) >= 11 is 0. The maximum Gasteiger partial charge on any atom is 0.415 e. The standard InChI is InChI=1S/C52H61NO6/c1-34-7-6-21-50(2)47(45-19-11-35(26-42(54)15-10-34)27-46(45)48(55)40-13-16-43(58-3)17-14-40)20-22-52(50,57)33-53(32-51-29-36-23-37(30-51)25-38(24-36)31-51)49(56)59-44-18-12-39-8-4-5-9-41(39)28-44/h4-5,7-9,11-14,16-19,27-28,36-38,42,47,54,57H,6,10,15,20-26,29-33H2,1-3H3. The first kappa shape index (κ1) is 40.0. The molecule has 4 aromatic rings. The number of carbonyl (C=O) groups is 2. The molecule has 0 saturated heterocycles. The number of aliphatic hydroxyl groups is 2. The molecule has 4 atom stereocenters. The van der Waals surface area contributed by atoms with Crippen molar-refractivity contribution in [2.24, 2.45) is 28.6 Å². The van der Waals surface area contributed by atoms with Crippen LogP contribution < -0.4 is 9.47 Å². The smallest absolute Gasteiger partial charge is 0.415 e. The topological polar surface area (TPSA) is 96.3 Å². The van der Waals surface area contributed by atoms with Crippen molar-refractivity contribution in [3.8, 4) is 11.5 Å². The van der Waals surface area contributed by atoms with E-state index in [0.29, 0.717) is 61.3 Å². The highest BCUT2D eigenvalue weighted by molar-refractivity contribution is 6.10. The maximum atomic E-state index is 14.8. The SMILES string of the molecule is COc1ccc(C(=O)c2cc3ccc2C2CCC(O)(CN(CC45CC6CC(CC(C6)C4)C5)C(=O)Oc4ccc5ccccc5c4)C2(C)CCC=C(C)CCC(O)C3)cc1. The van der Waals surface area contributed by atoms with E-state index in [4.69, 9.17) is 9.47 Å². The van der Waals surface area contributed by atoms with E-state index in [9.17, 15) is 19.8 Å². The van der Waals surface area contributed by atoms with E-state index in [1.165, 1.54) is 24.8 Å². The number of amides is 1. The number of ketones is 1. The molecule has 310 valence electrons. The minimum absolute atomic E-state index is 0.0356. The molecule has 0 aliphatic heterocycles. The van der Waals surface area contributed by atoms with Crippen LogP contribution in [0.15, 0.2) is 96.6 Å². The van der Waals surface area contributed by atoms with E-state index >= 15 is 0 Å². The number of ether oxygens (including phenoxy) is 2. The Morgan fingerprint density at radius 1 is 0.814 bits per heavy atom. The second-order valence-electron chi connectivity index (χ2n) is 19.7. The Balaban J connectivity index is 1.09. The first-order chi connectivity index (χ1) is 28.4. The Morgan fingerprint density at radius 2 is 1.51 bits per heavy atom. The summed E-state index contributed by atoms with van der Waals surface area (Å²) in [5.41, 5.74) is 2.35. The third-order valence-electron chi connectivity index (χ3n) is 15.6. The Labute approximate surface area is 349 Å². The summed E-state index contributed by atoms with van der Waals surface area (Å²) in [6, 6.07) is 27.3. The Bertz CT molecular complexity index is 2210. The van der Waals surface area contributed by atoms with E-state index < -0.39 is 23.2 Å². The molecule has 7 aliphatic carbocycles. The van der Waals surface area contributed by atoms with E-state index in [1.54, 1.807) is 7.11 Å². The first-order valence-corrected chi connectivity index (χ1v) is 22.2. The molecule has 11 rings (SSSR count). The Morgan fingerprint density at radius 3 is 2.22 bits per heavy atom. The number of hydrogen-bond acceptors (Lipinski definition) is 6. The van der Waals surface area contributed by atoms with Crippen LogP contribution in [0.3, 0.4) is 0 Å². The molecular formula is C52H61NO6. The minimum Gasteiger partial charge on any atom is -0.497 e. The van der Waals surface area contributed by atoms with Gasteiger partial charge in [-0.25, -0.2) is 4.79 Å². The van der Waals surface area contributed by atoms with Crippen LogP contribution in [-0.2, 0) is 6.42 Å². The van der Waals surface area contributed by atoms with Gasteiger partial charge in [0.1, 0.15) is 11.5 Å². The highest BCUT2D eigenvalue weighted by Gasteiger charge is 2.59. The number of hydrogen-bond donors (Lipinski definition) is 2. The van der Waals surface area contributed by atoms with Crippen molar-refractivity contribution < 1.29 is 29.3 Å². The van der Waals surface area contributed by atoms with Crippen molar-refractivity contribution in [3.05, 3.63) is 119 Å². The molecule has 0 aromatic heterocycles. The average Bonchev–Trinajstić information content (AvgIpc) is 3.47. The van der Waals surface area contributed by atoms with Crippen LogP contribution in [0.1, 0.15) is 124 Å². The maximum absolute atomic E-state index is 14.8. The van der Waals surface area contributed by atoms with Gasteiger partial charge < -0.3 is 24.6 Å². The lowest BCUT2D eigenvalue weighted by molar-refractivity contribution is -0.101. The van der Waals surface area contributed by atoms with Crippen molar-refractivity contribution in [1.29, 1.82) is 0 Å². The van der Waals surface area contributed by atoms with Crippen LogP contribution in [-0.4, -0.2) is 58.9 Å². The highest BCUT2D eigenvalue weighted by atomic mass is 16.6. The van der Waals surface area contributed by atoms with Crippen molar-refractivity contribution in [2.75, 3.05) is 20.2 Å². The van der Waals surface area contributed by atoms with Crippen LogP contribution in [0.25, 0.3) is 10.8 Å². The molecule has 6 bridgehead atoms. The van der Waals surface area contributed by atoms with Crippen LogP contribution in [0, 0.1) is 28.6 Å². The number of benzene rings is 4. The summed E-state index contributed by atoms with van der Waals surface area (Å²) in [4.78, 5) is 31.3. The van der Waals surface area contributed by atoms with Crippen LogP contribution in [0.4, 0.5) is 4.79 Å². The largest absolute Gasteiger partial charge is 0.497 e. The normalized spacial score (nSPS) is 31.3. The Kier molecular flexibility index (Phi) is 10.7. The summed E-state index contributed by atoms with van der Waals surface area (Å²) in [5.74, 6) is 3.11. The summed E-state index contributed by atoms with van der Waals surface area (Å²) in [5, 5.41) is 26.6. The minimum atomic E-state index is -1.25. The van der Waals surface area contributed by atoms with Gasteiger partial charge in [0.2, 0.25) is 0 Å². The van der Waals surface area contributed by atoms with Gasteiger partial charge in [-0.3, -0.25) is 4.79 Å². The fraction of sp³-hybridized carbons (Fsp3) is 0.500. The van der Waals surface area contributed by atoms with Crippen molar-refractivity contribution >= 4 is 22.6 Å². The molecule has 4 aromatic carbocycles. The molecular weight excluding hydrogens is 735 g/mol. The second-order valence-corrected chi connectivity index (χ2v) is 19.7. The summed E-state index contributed by atoms with van der Waals surface area (Å²) in [6.07, 6.45) is 13.2. The molecule has 2 N–H and O–H groups in total. The van der Waals surface area contributed by atoms with E-state index in [1.807, 2.05) is 71.6 Å². The second kappa shape index (κ2) is 15.9. The van der Waals surface area contributed by atoms with Crippen LogP contribution in [0.2, 0.25) is 0 Å². The van der Waals surface area contributed by atoms with Crippen LogP contribution in [0.5, 0.6) is 11.5 Å². The quantitative estimate of drug-likeness (QED) is 0.136. The summed E-state index contributed by atoms with van der Waals surface area (Å²) in [7, 11) is 1.62. The number of carbonyl (C=O) groups excluding carboxylic acids is 2. The van der Waals surface area contributed by atoms with Gasteiger partial charge in [0.25, 0.3) is 0 Å². The number of methoxy groups -OCH3 is 1. The zero-order valence-electron chi connectivity index (χ0n) is 35.1.